The van der Waals surface area contributed by atoms with Gasteiger partial charge in [0.25, 0.3) is 5.91 Å². The van der Waals surface area contributed by atoms with Crippen LogP contribution in [0.2, 0.25) is 0 Å². The number of hydrogen-bond donors (Lipinski definition) is 1. The molecule has 0 aliphatic carbocycles. The summed E-state index contributed by atoms with van der Waals surface area (Å²) in [4.78, 5) is 28.5. The number of oxime groups is 1. The van der Waals surface area contributed by atoms with Gasteiger partial charge in [-0.1, -0.05) is 5.16 Å². The fourth-order valence-corrected chi connectivity index (χ4v) is 2.46. The van der Waals surface area contributed by atoms with Crippen LogP contribution in [0.4, 0.5) is 14.5 Å². The van der Waals surface area contributed by atoms with Crippen LogP contribution in [0.5, 0.6) is 17.2 Å². The molecule has 9 nitrogen and oxygen atoms in total. The van der Waals surface area contributed by atoms with Gasteiger partial charge in [-0.3, -0.25) is 4.79 Å². The van der Waals surface area contributed by atoms with Gasteiger partial charge in [0, 0.05) is 11.3 Å². The summed E-state index contributed by atoms with van der Waals surface area (Å²) in [6, 6.07) is 10.5. The van der Waals surface area contributed by atoms with Gasteiger partial charge in [0.2, 0.25) is 13.4 Å². The fraction of sp³-hybridized carbons (Fsp3) is 0.250. The van der Waals surface area contributed by atoms with Crippen molar-refractivity contribution in [3.8, 4) is 17.2 Å². The van der Waals surface area contributed by atoms with Gasteiger partial charge in [0.1, 0.15) is 5.75 Å². The molecule has 1 heterocycles. The summed E-state index contributed by atoms with van der Waals surface area (Å²) in [6.45, 7) is -2.14. The van der Waals surface area contributed by atoms with Crippen LogP contribution in [0, 0.1) is 0 Å². The van der Waals surface area contributed by atoms with E-state index in [1.807, 2.05) is 0 Å². The molecule has 1 aliphatic heterocycles. The minimum atomic E-state index is -2.94. The van der Waals surface area contributed by atoms with Crippen LogP contribution in [-0.4, -0.2) is 44.2 Å². The van der Waals surface area contributed by atoms with Crippen LogP contribution >= 0.6 is 0 Å². The number of carbonyl (C=O) groups excluding carboxylic acids is 2. The topological polar surface area (TPSA) is 105 Å². The first-order valence-electron chi connectivity index (χ1n) is 8.97. The van der Waals surface area contributed by atoms with E-state index < -0.39 is 31.7 Å². The van der Waals surface area contributed by atoms with E-state index in [-0.39, 0.29) is 12.5 Å². The van der Waals surface area contributed by atoms with Crippen LogP contribution in [-0.2, 0) is 19.2 Å². The molecule has 164 valence electrons. The average Bonchev–Trinajstić information content (AvgIpc) is 3.21. The van der Waals surface area contributed by atoms with Crippen molar-refractivity contribution in [2.24, 2.45) is 5.16 Å². The lowest BCUT2D eigenvalue weighted by Crippen LogP contribution is -2.22. The number of nitrogens with zero attached hydrogens (tertiary/aromatic N) is 1. The highest BCUT2D eigenvalue weighted by Crippen LogP contribution is 2.32. The maximum atomic E-state index is 12.1. The van der Waals surface area contributed by atoms with Gasteiger partial charge in [0.15, 0.2) is 18.1 Å². The lowest BCUT2D eigenvalue weighted by molar-refractivity contribution is -0.151. The molecular formula is C20H18F2N2O7. The zero-order valence-electron chi connectivity index (χ0n) is 16.3. The molecule has 2 aromatic carbocycles. The summed E-state index contributed by atoms with van der Waals surface area (Å²) >= 11 is 0. The Morgan fingerprint density at radius 2 is 1.84 bits per heavy atom. The van der Waals surface area contributed by atoms with Crippen molar-refractivity contribution < 1.29 is 42.2 Å². The van der Waals surface area contributed by atoms with Crippen molar-refractivity contribution in [2.45, 2.75) is 13.5 Å². The highest BCUT2D eigenvalue weighted by molar-refractivity contribution is 5.99. The summed E-state index contributed by atoms with van der Waals surface area (Å²) in [5.41, 5.74) is 1.55. The second-order valence-corrected chi connectivity index (χ2v) is 6.13. The number of benzene rings is 2. The highest BCUT2D eigenvalue weighted by atomic mass is 19.3. The van der Waals surface area contributed by atoms with E-state index in [1.165, 1.54) is 24.3 Å². The molecular weight excluding hydrogens is 418 g/mol. The van der Waals surface area contributed by atoms with Crippen molar-refractivity contribution >= 4 is 23.3 Å². The van der Waals surface area contributed by atoms with Gasteiger partial charge in [0.05, 0.1) is 5.71 Å². The zero-order valence-corrected chi connectivity index (χ0v) is 16.3. The summed E-state index contributed by atoms with van der Waals surface area (Å²) in [5, 5.41) is 6.28. The molecule has 0 atom stereocenters. The Morgan fingerprint density at radius 3 is 2.58 bits per heavy atom. The Labute approximate surface area is 175 Å². The summed E-state index contributed by atoms with van der Waals surface area (Å²) < 4.78 is 43.7. The van der Waals surface area contributed by atoms with Crippen LogP contribution in [0.3, 0.4) is 0 Å². The molecule has 2 aromatic rings. The van der Waals surface area contributed by atoms with E-state index in [2.05, 4.69) is 15.2 Å². The van der Waals surface area contributed by atoms with E-state index >= 15 is 0 Å². The first-order chi connectivity index (χ1) is 14.9. The predicted octanol–water partition coefficient (Wildman–Crippen LogP) is 2.94. The van der Waals surface area contributed by atoms with Crippen molar-refractivity contribution in [1.82, 2.24) is 0 Å². The number of halogens is 2. The number of nitrogens with one attached hydrogen (secondary N) is 1. The van der Waals surface area contributed by atoms with Crippen LogP contribution in [0.15, 0.2) is 47.6 Å². The number of esters is 1. The number of rotatable bonds is 9. The zero-order chi connectivity index (χ0) is 22.2. The lowest BCUT2D eigenvalue weighted by atomic mass is 10.1. The third kappa shape index (κ3) is 6.56. The second kappa shape index (κ2) is 10.2. The predicted molar refractivity (Wildman–Crippen MR) is 103 cm³/mol. The summed E-state index contributed by atoms with van der Waals surface area (Å²) in [7, 11) is 0. The number of anilines is 1. The van der Waals surface area contributed by atoms with Gasteiger partial charge < -0.3 is 29.1 Å². The Hall–Kier alpha value is -3.89. The van der Waals surface area contributed by atoms with E-state index in [0.717, 1.165) is 5.56 Å². The van der Waals surface area contributed by atoms with E-state index in [0.29, 0.717) is 22.9 Å². The van der Waals surface area contributed by atoms with Gasteiger partial charge in [-0.2, -0.15) is 8.78 Å². The monoisotopic (exact) mass is 436 g/mol. The first kappa shape index (κ1) is 21.8. The standard InChI is InChI=1S/C20H18F2N2O7/c1-12(13-2-7-16-17(8-13)29-11-28-16)24-30-10-19(26)27-9-18(25)23-14-3-5-15(6-4-14)31-20(21)22/h2-8,20H,9-11H2,1H3,(H,23,25)/b24-12+. The Bertz CT molecular complexity index is 965. The third-order valence-corrected chi connectivity index (χ3v) is 3.90. The minimum Gasteiger partial charge on any atom is -0.454 e. The molecule has 31 heavy (non-hydrogen) atoms. The molecule has 0 spiro atoms. The molecule has 0 saturated carbocycles. The minimum absolute atomic E-state index is 0.0480. The van der Waals surface area contributed by atoms with Gasteiger partial charge >= 0.3 is 12.6 Å². The number of amides is 1. The fourth-order valence-electron chi connectivity index (χ4n) is 2.46. The normalized spacial score (nSPS) is 12.5. The lowest BCUT2D eigenvalue weighted by Gasteiger charge is -2.08. The molecule has 3 rings (SSSR count). The Balaban J connectivity index is 1.38. The molecule has 1 amide bonds. The van der Waals surface area contributed by atoms with Crippen LogP contribution in [0.1, 0.15) is 12.5 Å². The van der Waals surface area contributed by atoms with Crippen molar-refractivity contribution in [2.75, 3.05) is 25.3 Å². The van der Waals surface area contributed by atoms with Crippen molar-refractivity contribution in [3.63, 3.8) is 0 Å². The number of ether oxygens (including phenoxy) is 4. The van der Waals surface area contributed by atoms with Crippen molar-refractivity contribution in [1.29, 1.82) is 0 Å². The van der Waals surface area contributed by atoms with E-state index in [9.17, 15) is 18.4 Å². The maximum Gasteiger partial charge on any atom is 0.387 e. The Morgan fingerprint density at radius 1 is 1.10 bits per heavy atom. The highest BCUT2D eigenvalue weighted by Gasteiger charge is 2.14. The van der Waals surface area contributed by atoms with Gasteiger partial charge in [-0.15, -0.1) is 0 Å². The van der Waals surface area contributed by atoms with E-state index in [1.54, 1.807) is 25.1 Å². The van der Waals surface area contributed by atoms with Gasteiger partial charge in [-0.05, 0) is 49.4 Å². The van der Waals surface area contributed by atoms with Crippen molar-refractivity contribution in [3.05, 3.63) is 48.0 Å². The SMILES string of the molecule is C/C(=N\OCC(=O)OCC(=O)Nc1ccc(OC(F)F)cc1)c1ccc2c(c1)OCO2. The number of hydrogen-bond acceptors (Lipinski definition) is 8. The molecule has 11 heteroatoms. The molecule has 0 radical (unpaired) electrons. The van der Waals surface area contributed by atoms with Crippen LogP contribution in [0.25, 0.3) is 0 Å². The average molecular weight is 436 g/mol. The van der Waals surface area contributed by atoms with Gasteiger partial charge in [-0.25, -0.2) is 4.79 Å². The molecule has 1 N–H and O–H groups in total. The molecule has 0 fully saturated rings. The third-order valence-electron chi connectivity index (χ3n) is 3.90. The number of fused-ring (bicyclic) bond motifs is 1. The number of carbonyl (C=O) groups is 2. The quantitative estimate of drug-likeness (QED) is 0.366. The summed E-state index contributed by atoms with van der Waals surface area (Å²) in [5.74, 6) is -0.229. The smallest absolute Gasteiger partial charge is 0.387 e. The maximum absolute atomic E-state index is 12.1. The molecule has 0 aromatic heterocycles. The number of alkyl halides is 2. The molecule has 0 saturated heterocycles. The molecule has 0 unspecified atom stereocenters. The Kier molecular flexibility index (Phi) is 7.20. The summed E-state index contributed by atoms with van der Waals surface area (Å²) in [6.07, 6.45) is 0. The second-order valence-electron chi connectivity index (χ2n) is 6.13. The van der Waals surface area contributed by atoms with Crippen LogP contribution < -0.4 is 19.5 Å². The molecule has 0 bridgehead atoms. The first-order valence-corrected chi connectivity index (χ1v) is 8.97. The van der Waals surface area contributed by atoms with E-state index in [4.69, 9.17) is 19.0 Å². The molecule has 1 aliphatic rings. The largest absolute Gasteiger partial charge is 0.454 e.